The summed E-state index contributed by atoms with van der Waals surface area (Å²) in [6, 6.07) is 0.527. The molecule has 120 valence electrons. The van der Waals surface area contributed by atoms with Crippen LogP contribution in [0.4, 0.5) is 0 Å². The van der Waals surface area contributed by atoms with Crippen molar-refractivity contribution in [3.63, 3.8) is 0 Å². The second-order valence-electron chi connectivity index (χ2n) is 6.69. The van der Waals surface area contributed by atoms with E-state index in [9.17, 15) is 4.79 Å². The summed E-state index contributed by atoms with van der Waals surface area (Å²) < 4.78 is 1.91. The van der Waals surface area contributed by atoms with Gasteiger partial charge in [-0.2, -0.15) is 5.10 Å². The predicted octanol–water partition coefficient (Wildman–Crippen LogP) is 2.24. The van der Waals surface area contributed by atoms with Gasteiger partial charge in [0.15, 0.2) is 0 Å². The molecule has 0 saturated carbocycles. The number of halogens is 1. The summed E-state index contributed by atoms with van der Waals surface area (Å²) in [5.74, 6) is -0.0152. The fraction of sp³-hybridized carbons (Fsp3) is 0.733. The van der Waals surface area contributed by atoms with Crippen LogP contribution in [-0.2, 0) is 5.54 Å². The first-order chi connectivity index (χ1) is 9.30. The van der Waals surface area contributed by atoms with Crippen LogP contribution in [0.3, 0.4) is 0 Å². The first kappa shape index (κ1) is 18.0. The van der Waals surface area contributed by atoms with Gasteiger partial charge in [-0.05, 0) is 54.0 Å². The van der Waals surface area contributed by atoms with E-state index in [0.29, 0.717) is 11.6 Å². The Hall–Kier alpha value is -1.07. The van der Waals surface area contributed by atoms with Gasteiger partial charge in [0.2, 0.25) is 0 Å². The van der Waals surface area contributed by atoms with Crippen molar-refractivity contribution >= 4 is 18.3 Å². The minimum absolute atomic E-state index is 0. The third kappa shape index (κ3) is 3.98. The van der Waals surface area contributed by atoms with Gasteiger partial charge in [0.25, 0.3) is 5.91 Å². The molecule has 5 nitrogen and oxygen atoms in total. The fourth-order valence-electron chi connectivity index (χ4n) is 2.80. The van der Waals surface area contributed by atoms with Gasteiger partial charge in [0.05, 0.1) is 17.3 Å². The maximum Gasteiger partial charge on any atom is 0.255 e. The van der Waals surface area contributed by atoms with Crippen LogP contribution in [-0.4, -0.2) is 34.3 Å². The number of carbonyl (C=O) groups is 1. The summed E-state index contributed by atoms with van der Waals surface area (Å²) in [6.07, 6.45) is 3.82. The Labute approximate surface area is 133 Å². The quantitative estimate of drug-likeness (QED) is 0.880. The number of piperidine rings is 1. The third-order valence-corrected chi connectivity index (χ3v) is 3.97. The van der Waals surface area contributed by atoms with Crippen LogP contribution in [0.5, 0.6) is 0 Å². The summed E-state index contributed by atoms with van der Waals surface area (Å²) in [6.45, 7) is 11.4. The van der Waals surface area contributed by atoms with Gasteiger partial charge < -0.3 is 10.6 Å². The molecule has 21 heavy (non-hydrogen) atoms. The molecule has 1 amide bonds. The van der Waals surface area contributed by atoms with Gasteiger partial charge in [0.1, 0.15) is 0 Å². The summed E-state index contributed by atoms with van der Waals surface area (Å²) in [7, 11) is 0. The molecule has 2 rings (SSSR count). The Morgan fingerprint density at radius 1 is 1.48 bits per heavy atom. The number of rotatable bonds is 2. The summed E-state index contributed by atoms with van der Waals surface area (Å²) >= 11 is 0. The van der Waals surface area contributed by atoms with Crippen LogP contribution >= 0.6 is 12.4 Å². The van der Waals surface area contributed by atoms with Crippen LogP contribution < -0.4 is 10.6 Å². The Kier molecular flexibility index (Phi) is 5.82. The lowest BCUT2D eigenvalue weighted by Gasteiger charge is -2.30. The number of carbonyl (C=O) groups excluding carboxylic acids is 1. The number of hydrogen-bond acceptors (Lipinski definition) is 3. The summed E-state index contributed by atoms with van der Waals surface area (Å²) in [5, 5.41) is 10.9. The van der Waals surface area contributed by atoms with Gasteiger partial charge >= 0.3 is 0 Å². The number of amides is 1. The minimum Gasteiger partial charge on any atom is -0.348 e. The van der Waals surface area contributed by atoms with Crippen molar-refractivity contribution in [2.45, 2.75) is 65.1 Å². The molecule has 2 atom stereocenters. The second-order valence-corrected chi connectivity index (χ2v) is 6.69. The minimum atomic E-state index is -0.109. The molecule has 0 aliphatic carbocycles. The molecule has 1 aromatic rings. The van der Waals surface area contributed by atoms with Crippen molar-refractivity contribution in [2.24, 2.45) is 0 Å². The smallest absolute Gasteiger partial charge is 0.255 e. The summed E-state index contributed by atoms with van der Waals surface area (Å²) in [4.78, 5) is 12.4. The molecular weight excluding hydrogens is 288 g/mol. The van der Waals surface area contributed by atoms with Crippen LogP contribution in [0.25, 0.3) is 0 Å². The average Bonchev–Trinajstić information content (AvgIpc) is 2.74. The van der Waals surface area contributed by atoms with Crippen LogP contribution in [0.15, 0.2) is 6.20 Å². The van der Waals surface area contributed by atoms with E-state index in [1.807, 2.05) is 11.6 Å². The van der Waals surface area contributed by atoms with E-state index in [-0.39, 0.29) is 29.9 Å². The molecule has 1 aliphatic rings. The maximum atomic E-state index is 12.4. The largest absolute Gasteiger partial charge is 0.348 e. The topological polar surface area (TPSA) is 59.0 Å². The molecule has 0 aromatic carbocycles. The van der Waals surface area contributed by atoms with Crippen molar-refractivity contribution < 1.29 is 4.79 Å². The summed E-state index contributed by atoms with van der Waals surface area (Å²) in [5.41, 5.74) is 1.49. The number of hydrogen-bond donors (Lipinski definition) is 2. The van der Waals surface area contributed by atoms with Crippen molar-refractivity contribution in [3.8, 4) is 0 Å². The van der Waals surface area contributed by atoms with Crippen molar-refractivity contribution in [1.82, 2.24) is 20.4 Å². The van der Waals surface area contributed by atoms with Crippen LogP contribution in [0, 0.1) is 6.92 Å². The van der Waals surface area contributed by atoms with E-state index in [4.69, 9.17) is 0 Å². The fourth-order valence-corrected chi connectivity index (χ4v) is 2.80. The highest BCUT2D eigenvalue weighted by atomic mass is 35.5. The van der Waals surface area contributed by atoms with Crippen LogP contribution in [0.1, 0.15) is 56.6 Å². The molecule has 0 spiro atoms. The first-order valence-electron chi connectivity index (χ1n) is 7.40. The molecular formula is C15H27ClN4O. The highest BCUT2D eigenvalue weighted by molar-refractivity contribution is 5.95. The Balaban J connectivity index is 0.00000220. The van der Waals surface area contributed by atoms with Gasteiger partial charge in [0, 0.05) is 17.8 Å². The molecule has 0 radical (unpaired) electrons. The Morgan fingerprint density at radius 2 is 2.14 bits per heavy atom. The SMILES string of the molecule is Cc1c(C(=O)NC2CCCNC2C)cnn1C(C)(C)C.Cl. The lowest BCUT2D eigenvalue weighted by atomic mass is 9.99. The van der Waals surface area contributed by atoms with Crippen molar-refractivity contribution in [1.29, 1.82) is 0 Å². The number of nitrogens with one attached hydrogen (secondary N) is 2. The predicted molar refractivity (Wildman–Crippen MR) is 87.2 cm³/mol. The zero-order chi connectivity index (χ0) is 14.9. The molecule has 6 heteroatoms. The molecule has 1 aliphatic heterocycles. The van der Waals surface area contributed by atoms with E-state index < -0.39 is 0 Å². The normalized spacial score (nSPS) is 22.5. The zero-order valence-electron chi connectivity index (χ0n) is 13.6. The molecule has 2 N–H and O–H groups in total. The molecule has 2 heterocycles. The molecule has 1 fully saturated rings. The molecule has 1 saturated heterocycles. The van der Waals surface area contributed by atoms with E-state index >= 15 is 0 Å². The third-order valence-electron chi connectivity index (χ3n) is 3.97. The Morgan fingerprint density at radius 3 is 2.67 bits per heavy atom. The molecule has 1 aromatic heterocycles. The number of nitrogens with zero attached hydrogens (tertiary/aromatic N) is 2. The number of aromatic nitrogens is 2. The average molecular weight is 315 g/mol. The zero-order valence-corrected chi connectivity index (χ0v) is 14.4. The van der Waals surface area contributed by atoms with Crippen molar-refractivity contribution in [3.05, 3.63) is 17.5 Å². The highest BCUT2D eigenvalue weighted by Crippen LogP contribution is 2.19. The first-order valence-corrected chi connectivity index (χ1v) is 7.40. The lowest BCUT2D eigenvalue weighted by Crippen LogP contribution is -2.52. The standard InChI is InChI=1S/C15H26N4O.ClH/c1-10-13(7-6-8-16-10)18-14(20)12-9-17-19(11(12)2)15(3,4)5;/h9-10,13,16H,6-8H2,1-5H3,(H,18,20);1H. The van der Waals surface area contributed by atoms with Gasteiger partial charge in [-0.3, -0.25) is 9.48 Å². The van der Waals surface area contributed by atoms with E-state index in [1.165, 1.54) is 0 Å². The molecule has 2 unspecified atom stereocenters. The van der Waals surface area contributed by atoms with Gasteiger partial charge in [-0.15, -0.1) is 12.4 Å². The van der Waals surface area contributed by atoms with E-state index in [2.05, 4.69) is 43.4 Å². The van der Waals surface area contributed by atoms with Crippen LogP contribution in [0.2, 0.25) is 0 Å². The monoisotopic (exact) mass is 314 g/mol. The Bertz CT molecular complexity index is 492. The van der Waals surface area contributed by atoms with Gasteiger partial charge in [-0.1, -0.05) is 0 Å². The molecule has 0 bridgehead atoms. The highest BCUT2D eigenvalue weighted by Gasteiger charge is 2.26. The van der Waals surface area contributed by atoms with E-state index in [1.54, 1.807) is 6.20 Å². The lowest BCUT2D eigenvalue weighted by molar-refractivity contribution is 0.0919. The second kappa shape index (κ2) is 6.79. The van der Waals surface area contributed by atoms with E-state index in [0.717, 1.165) is 25.1 Å². The maximum absolute atomic E-state index is 12.4. The van der Waals surface area contributed by atoms with Crippen molar-refractivity contribution in [2.75, 3.05) is 6.54 Å². The van der Waals surface area contributed by atoms with Gasteiger partial charge in [-0.25, -0.2) is 0 Å².